The molecule has 2 aliphatic rings. The fourth-order valence-corrected chi connectivity index (χ4v) is 4.79. The molecule has 1 aromatic rings. The first-order valence-electron chi connectivity index (χ1n) is 12.5. The molecule has 170 valence electrons. The van der Waals surface area contributed by atoms with Gasteiger partial charge in [-0.15, -0.1) is 0 Å². The summed E-state index contributed by atoms with van der Waals surface area (Å²) in [4.78, 5) is 39.6. The van der Waals surface area contributed by atoms with Crippen molar-refractivity contribution in [2.45, 2.75) is 89.5 Å². The minimum atomic E-state index is -2.78. The van der Waals surface area contributed by atoms with E-state index in [2.05, 4.69) is 5.32 Å². The van der Waals surface area contributed by atoms with Crippen molar-refractivity contribution in [2.75, 3.05) is 0 Å². The van der Waals surface area contributed by atoms with Gasteiger partial charge in [-0.25, -0.2) is 4.79 Å². The topological polar surface area (TPSA) is 95.9 Å². The summed E-state index contributed by atoms with van der Waals surface area (Å²) >= 11 is 0. The number of carbonyl (C=O) groups excluding carboxylic acids is 2. The van der Waals surface area contributed by atoms with Gasteiger partial charge in [0.05, 0.1) is 12.1 Å². The summed E-state index contributed by atoms with van der Waals surface area (Å²) < 4.78 is 29.5. The van der Waals surface area contributed by atoms with Crippen LogP contribution in [0.1, 0.15) is 62.5 Å². The van der Waals surface area contributed by atoms with Crippen LogP contribution >= 0.6 is 0 Å². The number of likely N-dealkylation sites (tertiary alicyclic amines) is 1. The Labute approximate surface area is 188 Å². The molecular weight excluding hydrogens is 396 g/mol. The lowest BCUT2D eigenvalue weighted by Crippen LogP contribution is -2.55. The number of esters is 1. The van der Waals surface area contributed by atoms with Gasteiger partial charge in [0.1, 0.15) is 12.1 Å². The molecule has 7 heteroatoms. The molecule has 1 saturated heterocycles. The molecule has 1 aliphatic carbocycles. The second kappa shape index (κ2) is 10.3. The second-order valence-electron chi connectivity index (χ2n) is 8.76. The van der Waals surface area contributed by atoms with E-state index in [0.29, 0.717) is 19.3 Å². The number of carbonyl (C=O) groups is 3. The summed E-state index contributed by atoms with van der Waals surface area (Å²) in [6, 6.07) is 5.33. The number of hydrogen-bond donors (Lipinski definition) is 2. The highest BCUT2D eigenvalue weighted by Crippen LogP contribution is 2.41. The van der Waals surface area contributed by atoms with Gasteiger partial charge in [-0.05, 0) is 64.3 Å². The van der Waals surface area contributed by atoms with Crippen LogP contribution in [0, 0.1) is 5.92 Å². The molecule has 3 rings (SSSR count). The Morgan fingerprint density at radius 3 is 2.65 bits per heavy atom. The molecule has 2 N–H and O–H groups in total. The second-order valence-corrected chi connectivity index (χ2v) is 8.76. The lowest BCUT2D eigenvalue weighted by atomic mass is 10.0. The average molecular weight is 434 g/mol. The van der Waals surface area contributed by atoms with Crippen molar-refractivity contribution in [2.24, 2.45) is 5.92 Å². The van der Waals surface area contributed by atoms with Gasteiger partial charge >= 0.3 is 11.9 Å². The van der Waals surface area contributed by atoms with E-state index in [-0.39, 0.29) is 18.4 Å². The van der Waals surface area contributed by atoms with Crippen LogP contribution in [0.25, 0.3) is 0 Å². The number of benzene rings is 1. The van der Waals surface area contributed by atoms with Crippen molar-refractivity contribution < 1.29 is 28.3 Å². The SMILES string of the molecule is [2H]C([2H])([2H])[C@H](N[C@@H](CCc1ccccc1)C(=O)OC(C)C)C(=O)N1[C@H](C(=O)O)C[C@@H]2CCC[C@@H]21. The molecule has 0 unspecified atom stereocenters. The van der Waals surface area contributed by atoms with Crippen LogP contribution in [0.15, 0.2) is 30.3 Å². The molecule has 1 aromatic carbocycles. The van der Waals surface area contributed by atoms with Gasteiger partial charge in [0.25, 0.3) is 0 Å². The highest BCUT2D eigenvalue weighted by molar-refractivity contribution is 5.88. The van der Waals surface area contributed by atoms with E-state index in [9.17, 15) is 19.5 Å². The predicted molar refractivity (Wildman–Crippen MR) is 116 cm³/mol. The Kier molecular flexibility index (Phi) is 6.39. The quantitative estimate of drug-likeness (QED) is 0.582. The highest BCUT2D eigenvalue weighted by atomic mass is 16.5. The summed E-state index contributed by atoms with van der Waals surface area (Å²) in [7, 11) is 0. The number of carboxylic acids is 1. The van der Waals surface area contributed by atoms with Crippen LogP contribution in [-0.4, -0.2) is 58.1 Å². The van der Waals surface area contributed by atoms with Crippen LogP contribution in [0.5, 0.6) is 0 Å². The Morgan fingerprint density at radius 1 is 1.26 bits per heavy atom. The van der Waals surface area contributed by atoms with Crippen LogP contribution in [0.4, 0.5) is 0 Å². The Hall–Kier alpha value is -2.41. The average Bonchev–Trinajstić information content (AvgIpc) is 3.34. The predicted octanol–water partition coefficient (Wildman–Crippen LogP) is 2.77. The Balaban J connectivity index is 1.85. The molecule has 1 heterocycles. The number of rotatable bonds is 9. The molecule has 0 bridgehead atoms. The van der Waals surface area contributed by atoms with E-state index in [1.807, 2.05) is 30.3 Å². The summed E-state index contributed by atoms with van der Waals surface area (Å²) in [5, 5.41) is 12.5. The van der Waals surface area contributed by atoms with Crippen LogP contribution in [0.2, 0.25) is 0 Å². The molecule has 1 saturated carbocycles. The fourth-order valence-electron chi connectivity index (χ4n) is 4.79. The number of carboxylic acid groups (broad SMARTS) is 1. The molecule has 2 fully saturated rings. The summed E-state index contributed by atoms with van der Waals surface area (Å²) in [5.74, 6) is -2.50. The molecule has 0 spiro atoms. The number of nitrogens with one attached hydrogen (secondary N) is 1. The normalized spacial score (nSPS) is 26.5. The minimum absolute atomic E-state index is 0.0575. The molecule has 1 aliphatic heterocycles. The largest absolute Gasteiger partial charge is 0.480 e. The number of fused-ring (bicyclic) bond motifs is 1. The van der Waals surface area contributed by atoms with Gasteiger partial charge < -0.3 is 14.7 Å². The molecule has 0 aromatic heterocycles. The third-order valence-corrected chi connectivity index (χ3v) is 6.19. The number of aryl methyl sites for hydroxylation is 1. The zero-order valence-corrected chi connectivity index (χ0v) is 18.1. The van der Waals surface area contributed by atoms with Crippen molar-refractivity contribution in [3.63, 3.8) is 0 Å². The van der Waals surface area contributed by atoms with Crippen LogP contribution in [0.3, 0.4) is 0 Å². The van der Waals surface area contributed by atoms with Crippen molar-refractivity contribution in [1.82, 2.24) is 10.2 Å². The van der Waals surface area contributed by atoms with Crippen molar-refractivity contribution in [3.05, 3.63) is 35.9 Å². The molecule has 5 atom stereocenters. The maximum atomic E-state index is 13.6. The molecule has 0 radical (unpaired) electrons. The standard InChI is InChI=1S/C24H34N2O5/c1-15(2)31-24(30)19(13-12-17-8-5-4-6-9-17)25-16(3)22(27)26-20-11-7-10-18(20)14-21(26)23(28)29/h4-6,8-9,15-16,18-21,25H,7,10-14H2,1-3H3,(H,28,29)/t16-,18-,19-,20-,21-/m0/s1/i3D3. The van der Waals surface area contributed by atoms with E-state index >= 15 is 0 Å². The highest BCUT2D eigenvalue weighted by Gasteiger charge is 2.49. The van der Waals surface area contributed by atoms with Crippen LogP contribution in [-0.2, 0) is 25.5 Å². The molecular formula is C24H34N2O5. The van der Waals surface area contributed by atoms with Crippen molar-refractivity contribution in [3.8, 4) is 0 Å². The van der Waals surface area contributed by atoms with Gasteiger partial charge in [-0.3, -0.25) is 14.9 Å². The lowest BCUT2D eigenvalue weighted by molar-refractivity contribution is -0.153. The summed E-state index contributed by atoms with van der Waals surface area (Å²) in [5.41, 5.74) is 0.961. The third kappa shape index (κ3) is 5.64. The smallest absolute Gasteiger partial charge is 0.326 e. The van der Waals surface area contributed by atoms with E-state index in [0.717, 1.165) is 18.4 Å². The monoisotopic (exact) mass is 433 g/mol. The maximum Gasteiger partial charge on any atom is 0.326 e. The Bertz CT molecular complexity index is 877. The number of amides is 1. The van der Waals surface area contributed by atoms with Gasteiger partial charge in [-0.1, -0.05) is 36.8 Å². The number of hydrogen-bond acceptors (Lipinski definition) is 5. The van der Waals surface area contributed by atoms with Gasteiger partial charge in [-0.2, -0.15) is 0 Å². The van der Waals surface area contributed by atoms with Gasteiger partial charge in [0.2, 0.25) is 5.91 Å². The van der Waals surface area contributed by atoms with Gasteiger partial charge in [0, 0.05) is 10.2 Å². The van der Waals surface area contributed by atoms with Crippen molar-refractivity contribution in [1.29, 1.82) is 0 Å². The van der Waals surface area contributed by atoms with E-state index in [1.54, 1.807) is 13.8 Å². The maximum absolute atomic E-state index is 13.6. The van der Waals surface area contributed by atoms with Crippen molar-refractivity contribution >= 4 is 17.8 Å². The zero-order valence-electron chi connectivity index (χ0n) is 21.1. The van der Waals surface area contributed by atoms with E-state index in [4.69, 9.17) is 8.85 Å². The number of ether oxygens (including phenoxy) is 1. The van der Waals surface area contributed by atoms with E-state index in [1.165, 1.54) is 4.90 Å². The molecule has 7 nitrogen and oxygen atoms in total. The number of nitrogens with zero attached hydrogens (tertiary/aromatic N) is 1. The first-order valence-corrected chi connectivity index (χ1v) is 11.0. The third-order valence-electron chi connectivity index (χ3n) is 6.19. The Morgan fingerprint density at radius 2 is 2.00 bits per heavy atom. The minimum Gasteiger partial charge on any atom is -0.480 e. The lowest BCUT2D eigenvalue weighted by Gasteiger charge is -2.32. The fraction of sp³-hybridized carbons (Fsp3) is 0.625. The zero-order chi connectivity index (χ0) is 25.0. The summed E-state index contributed by atoms with van der Waals surface area (Å²) in [6.45, 7) is 0.612. The molecule has 1 amide bonds. The summed E-state index contributed by atoms with van der Waals surface area (Å²) in [6.07, 6.45) is 2.96. The van der Waals surface area contributed by atoms with Gasteiger partial charge in [0.15, 0.2) is 0 Å². The molecule has 31 heavy (non-hydrogen) atoms. The number of aliphatic carboxylic acids is 1. The van der Waals surface area contributed by atoms with Crippen LogP contribution < -0.4 is 5.32 Å². The van der Waals surface area contributed by atoms with E-state index < -0.39 is 48.9 Å². The first kappa shape index (κ1) is 19.3. The first-order chi connectivity index (χ1) is 16.0.